The molecule has 0 aromatic heterocycles. The van der Waals surface area contributed by atoms with Gasteiger partial charge in [0.05, 0.1) is 12.0 Å². The minimum absolute atomic E-state index is 0.190. The number of hydrogen-bond donors (Lipinski definition) is 2. The Bertz CT molecular complexity index is 549. The van der Waals surface area contributed by atoms with Crippen LogP contribution in [0.25, 0.3) is 0 Å². The molecule has 1 aromatic rings. The number of aliphatic carboxylic acids is 1. The van der Waals surface area contributed by atoms with Crippen LogP contribution in [0.3, 0.4) is 0 Å². The summed E-state index contributed by atoms with van der Waals surface area (Å²) >= 11 is 0. The van der Waals surface area contributed by atoms with E-state index in [9.17, 15) is 14.7 Å². The maximum absolute atomic E-state index is 12.0. The van der Waals surface area contributed by atoms with Gasteiger partial charge in [0.15, 0.2) is 0 Å². The number of nitrogens with one attached hydrogen (secondary N) is 1. The van der Waals surface area contributed by atoms with Crippen molar-refractivity contribution in [3.8, 4) is 0 Å². The normalized spacial score (nSPS) is 20.1. The van der Waals surface area contributed by atoms with Gasteiger partial charge in [-0.3, -0.25) is 4.79 Å². The second kappa shape index (κ2) is 8.68. The molecule has 1 saturated heterocycles. The molecule has 1 unspecified atom stereocenters. The fraction of sp³-hybridized carbons (Fsp3) is 0.556. The summed E-state index contributed by atoms with van der Waals surface area (Å²) in [6, 6.07) is 9.97. The zero-order chi connectivity index (χ0) is 17.4. The van der Waals surface area contributed by atoms with Gasteiger partial charge in [0.2, 0.25) is 0 Å². The highest BCUT2D eigenvalue weighted by molar-refractivity contribution is 5.79. The van der Waals surface area contributed by atoms with Gasteiger partial charge < -0.3 is 20.1 Å². The third kappa shape index (κ3) is 5.23. The zero-order valence-corrected chi connectivity index (χ0v) is 14.2. The van der Waals surface area contributed by atoms with E-state index in [-0.39, 0.29) is 12.6 Å². The largest absolute Gasteiger partial charge is 0.481 e. The quantitative estimate of drug-likeness (QED) is 0.714. The van der Waals surface area contributed by atoms with Crippen LogP contribution in [0.5, 0.6) is 0 Å². The number of amides is 2. The molecule has 1 aromatic carbocycles. The first-order valence-corrected chi connectivity index (χ1v) is 8.39. The van der Waals surface area contributed by atoms with E-state index in [1.54, 1.807) is 11.8 Å². The van der Waals surface area contributed by atoms with Gasteiger partial charge in [-0.1, -0.05) is 30.3 Å². The van der Waals surface area contributed by atoms with Crippen molar-refractivity contribution < 1.29 is 19.4 Å². The molecule has 1 heterocycles. The summed E-state index contributed by atoms with van der Waals surface area (Å²) in [4.78, 5) is 24.8. The minimum Gasteiger partial charge on any atom is -0.481 e. The van der Waals surface area contributed by atoms with Crippen molar-refractivity contribution in [3.05, 3.63) is 35.9 Å². The molecule has 0 spiro atoms. The number of carboxylic acid groups (broad SMARTS) is 1. The van der Waals surface area contributed by atoms with Gasteiger partial charge in [0.25, 0.3) is 0 Å². The van der Waals surface area contributed by atoms with Crippen molar-refractivity contribution in [1.82, 2.24) is 10.2 Å². The molecule has 1 aliphatic rings. The van der Waals surface area contributed by atoms with E-state index in [1.807, 2.05) is 18.2 Å². The van der Waals surface area contributed by atoms with Gasteiger partial charge in [0, 0.05) is 26.2 Å². The van der Waals surface area contributed by atoms with Crippen LogP contribution in [0.4, 0.5) is 4.79 Å². The first-order valence-electron chi connectivity index (χ1n) is 8.39. The summed E-state index contributed by atoms with van der Waals surface area (Å²) < 4.78 is 5.57. The lowest BCUT2D eigenvalue weighted by Crippen LogP contribution is -2.41. The van der Waals surface area contributed by atoms with Gasteiger partial charge in [-0.25, -0.2) is 4.79 Å². The van der Waals surface area contributed by atoms with E-state index in [0.717, 1.165) is 12.8 Å². The molecule has 2 N–H and O–H groups in total. The molecule has 6 nitrogen and oxygen atoms in total. The van der Waals surface area contributed by atoms with Gasteiger partial charge in [-0.05, 0) is 31.7 Å². The average molecular weight is 334 g/mol. The Hall–Kier alpha value is -2.08. The van der Waals surface area contributed by atoms with E-state index in [1.165, 1.54) is 5.56 Å². The Morgan fingerprint density at radius 1 is 1.29 bits per heavy atom. The lowest BCUT2D eigenvalue weighted by molar-refractivity contribution is -0.146. The monoisotopic (exact) mass is 334 g/mol. The highest BCUT2D eigenvalue weighted by Gasteiger charge is 2.42. The van der Waals surface area contributed by atoms with Gasteiger partial charge >= 0.3 is 12.0 Å². The minimum atomic E-state index is -0.843. The van der Waals surface area contributed by atoms with Crippen molar-refractivity contribution >= 4 is 12.0 Å². The number of nitrogens with zero attached hydrogens (tertiary/aromatic N) is 1. The Balaban J connectivity index is 1.53. The molecule has 2 rings (SSSR count). The summed E-state index contributed by atoms with van der Waals surface area (Å²) in [7, 11) is 0. The number of urea groups is 1. The SMILES string of the molecule is CC1(C(=O)O)CCN(C(=O)NCCCOCCc2ccccc2)C1. The number of likely N-dealkylation sites (tertiary alicyclic amines) is 1. The Labute approximate surface area is 142 Å². The van der Waals surface area contributed by atoms with E-state index in [0.29, 0.717) is 32.7 Å². The van der Waals surface area contributed by atoms with E-state index in [4.69, 9.17) is 4.74 Å². The fourth-order valence-electron chi connectivity index (χ4n) is 2.73. The average Bonchev–Trinajstić information content (AvgIpc) is 2.99. The molecule has 0 radical (unpaired) electrons. The number of ether oxygens (including phenoxy) is 1. The molecule has 0 bridgehead atoms. The molecule has 24 heavy (non-hydrogen) atoms. The van der Waals surface area contributed by atoms with Crippen molar-refractivity contribution in [2.24, 2.45) is 5.41 Å². The summed E-state index contributed by atoms with van der Waals surface area (Å²) in [5.74, 6) is -0.843. The van der Waals surface area contributed by atoms with Crippen LogP contribution in [0, 0.1) is 5.41 Å². The van der Waals surface area contributed by atoms with Crippen LogP contribution < -0.4 is 5.32 Å². The van der Waals surface area contributed by atoms with Crippen LogP contribution in [0.1, 0.15) is 25.3 Å². The molecular weight excluding hydrogens is 308 g/mol. The van der Waals surface area contributed by atoms with E-state index in [2.05, 4.69) is 17.4 Å². The molecule has 2 amide bonds. The summed E-state index contributed by atoms with van der Waals surface area (Å²) in [6.07, 6.45) is 2.12. The number of carboxylic acids is 1. The Morgan fingerprint density at radius 3 is 2.71 bits per heavy atom. The number of carbonyl (C=O) groups excluding carboxylic acids is 1. The smallest absolute Gasteiger partial charge is 0.317 e. The first kappa shape index (κ1) is 18.3. The second-order valence-electron chi connectivity index (χ2n) is 6.47. The van der Waals surface area contributed by atoms with Crippen LogP contribution in [0.15, 0.2) is 30.3 Å². The van der Waals surface area contributed by atoms with Crippen molar-refractivity contribution in [1.29, 1.82) is 0 Å². The maximum Gasteiger partial charge on any atom is 0.317 e. The predicted molar refractivity (Wildman–Crippen MR) is 90.9 cm³/mol. The molecule has 1 aliphatic heterocycles. The molecule has 132 valence electrons. The maximum atomic E-state index is 12.0. The van der Waals surface area contributed by atoms with E-state index >= 15 is 0 Å². The van der Waals surface area contributed by atoms with Gasteiger partial charge in [-0.15, -0.1) is 0 Å². The lowest BCUT2D eigenvalue weighted by Gasteiger charge is -2.20. The van der Waals surface area contributed by atoms with Gasteiger partial charge in [-0.2, -0.15) is 0 Å². The number of rotatable bonds is 8. The van der Waals surface area contributed by atoms with Crippen molar-refractivity contribution in [2.45, 2.75) is 26.2 Å². The molecule has 1 atom stereocenters. The fourth-order valence-corrected chi connectivity index (χ4v) is 2.73. The Kier molecular flexibility index (Phi) is 6.61. The molecule has 0 saturated carbocycles. The van der Waals surface area contributed by atoms with Gasteiger partial charge in [0.1, 0.15) is 0 Å². The van der Waals surface area contributed by atoms with Crippen molar-refractivity contribution in [2.75, 3.05) is 32.8 Å². The predicted octanol–water partition coefficient (Wildman–Crippen LogP) is 2.14. The third-order valence-corrected chi connectivity index (χ3v) is 4.40. The standard InChI is InChI=1S/C18H26N2O4/c1-18(16(21)22)9-11-20(14-18)17(23)19-10-5-12-24-13-8-15-6-3-2-4-7-15/h2-4,6-7H,5,8-14H2,1H3,(H,19,23)(H,21,22). The molecule has 0 aliphatic carbocycles. The van der Waals surface area contributed by atoms with Crippen LogP contribution in [0.2, 0.25) is 0 Å². The zero-order valence-electron chi connectivity index (χ0n) is 14.2. The lowest BCUT2D eigenvalue weighted by atomic mass is 9.90. The van der Waals surface area contributed by atoms with E-state index < -0.39 is 11.4 Å². The highest BCUT2D eigenvalue weighted by Crippen LogP contribution is 2.29. The van der Waals surface area contributed by atoms with Crippen LogP contribution in [-0.2, 0) is 16.0 Å². The number of hydrogen-bond acceptors (Lipinski definition) is 3. The summed E-state index contributed by atoms with van der Waals surface area (Å²) in [6.45, 7) is 4.23. The van der Waals surface area contributed by atoms with Crippen molar-refractivity contribution in [3.63, 3.8) is 0 Å². The topological polar surface area (TPSA) is 78.9 Å². The third-order valence-electron chi connectivity index (χ3n) is 4.40. The molecular formula is C18H26N2O4. The summed E-state index contributed by atoms with van der Waals surface area (Å²) in [5, 5.41) is 12.0. The highest BCUT2D eigenvalue weighted by atomic mass is 16.5. The molecule has 1 fully saturated rings. The number of carbonyl (C=O) groups is 2. The second-order valence-corrected chi connectivity index (χ2v) is 6.47. The molecule has 6 heteroatoms. The Morgan fingerprint density at radius 2 is 2.04 bits per heavy atom. The van der Waals surface area contributed by atoms with Crippen LogP contribution in [-0.4, -0.2) is 54.9 Å². The number of benzene rings is 1. The summed E-state index contributed by atoms with van der Waals surface area (Å²) in [5.41, 5.74) is 0.430. The van der Waals surface area contributed by atoms with Crippen LogP contribution >= 0.6 is 0 Å². The first-order chi connectivity index (χ1) is 11.5.